The van der Waals surface area contributed by atoms with E-state index in [4.69, 9.17) is 0 Å². The first-order valence-corrected chi connectivity index (χ1v) is 6.50. The Labute approximate surface area is 113 Å². The van der Waals surface area contributed by atoms with Gasteiger partial charge in [-0.25, -0.2) is 4.98 Å². The molecule has 94 valence electrons. The molecular weight excluding hydrogens is 260 g/mol. The van der Waals surface area contributed by atoms with Crippen LogP contribution in [0, 0.1) is 0 Å². The topological polar surface area (TPSA) is 60.2 Å². The first kappa shape index (κ1) is 11.9. The largest absolute Gasteiger partial charge is 0.295 e. The van der Waals surface area contributed by atoms with Crippen LogP contribution in [0.3, 0.4) is 0 Å². The van der Waals surface area contributed by atoms with Crippen molar-refractivity contribution in [2.75, 3.05) is 0 Å². The van der Waals surface area contributed by atoms with E-state index in [2.05, 4.69) is 15.2 Å². The van der Waals surface area contributed by atoms with Crippen molar-refractivity contribution in [3.63, 3.8) is 0 Å². The molecule has 3 aromatic heterocycles. The average molecular weight is 270 g/mol. The van der Waals surface area contributed by atoms with Crippen LogP contribution in [0.2, 0.25) is 0 Å². The number of Topliss-reactive ketones (excluding diaryl/α,β-unsaturated/α-hetero) is 1. The zero-order valence-electron chi connectivity index (χ0n) is 10.1. The summed E-state index contributed by atoms with van der Waals surface area (Å²) in [5, 5.41) is 9.64. The molecule has 6 heteroatoms. The number of ketones is 1. The van der Waals surface area contributed by atoms with Crippen LogP contribution >= 0.6 is 11.8 Å². The van der Waals surface area contributed by atoms with Gasteiger partial charge in [0.2, 0.25) is 5.16 Å². The summed E-state index contributed by atoms with van der Waals surface area (Å²) in [6.45, 7) is 1.54. The Morgan fingerprint density at radius 3 is 3.00 bits per heavy atom. The van der Waals surface area contributed by atoms with E-state index in [0.717, 1.165) is 15.8 Å². The van der Waals surface area contributed by atoms with Crippen LogP contribution in [0.25, 0.3) is 5.65 Å². The SMILES string of the molecule is CC(=O)c1ccnc(Sc2nnc3ccccn23)c1. The number of nitrogens with zero attached hydrogens (tertiary/aromatic N) is 4. The Morgan fingerprint density at radius 1 is 1.26 bits per heavy atom. The summed E-state index contributed by atoms with van der Waals surface area (Å²) in [4.78, 5) is 15.6. The first-order chi connectivity index (χ1) is 9.24. The van der Waals surface area contributed by atoms with E-state index in [9.17, 15) is 4.79 Å². The fraction of sp³-hybridized carbons (Fsp3) is 0.0769. The third-order valence-corrected chi connectivity index (χ3v) is 3.51. The van der Waals surface area contributed by atoms with Crippen LogP contribution in [-0.2, 0) is 0 Å². The number of aromatic nitrogens is 4. The molecule has 0 N–H and O–H groups in total. The highest BCUT2D eigenvalue weighted by Gasteiger charge is 2.09. The van der Waals surface area contributed by atoms with Crippen LogP contribution in [0.15, 0.2) is 52.9 Å². The molecular formula is C13H10N4OS. The molecule has 0 bridgehead atoms. The number of rotatable bonds is 3. The van der Waals surface area contributed by atoms with Gasteiger partial charge in [-0.15, -0.1) is 10.2 Å². The minimum absolute atomic E-state index is 0.0235. The highest BCUT2D eigenvalue weighted by molar-refractivity contribution is 7.99. The third-order valence-electron chi connectivity index (χ3n) is 2.62. The van der Waals surface area contributed by atoms with Gasteiger partial charge in [0.25, 0.3) is 0 Å². The first-order valence-electron chi connectivity index (χ1n) is 5.68. The molecule has 0 unspecified atom stereocenters. The Hall–Kier alpha value is -2.21. The third kappa shape index (κ3) is 2.34. The van der Waals surface area contributed by atoms with Gasteiger partial charge < -0.3 is 0 Å². The van der Waals surface area contributed by atoms with E-state index in [-0.39, 0.29) is 5.78 Å². The van der Waals surface area contributed by atoms with Crippen molar-refractivity contribution in [1.82, 2.24) is 19.6 Å². The number of hydrogen-bond donors (Lipinski definition) is 0. The monoisotopic (exact) mass is 270 g/mol. The van der Waals surface area contributed by atoms with E-state index in [1.54, 1.807) is 18.3 Å². The maximum Gasteiger partial charge on any atom is 0.201 e. The van der Waals surface area contributed by atoms with Crippen molar-refractivity contribution < 1.29 is 4.79 Å². The van der Waals surface area contributed by atoms with Gasteiger partial charge in [0.15, 0.2) is 11.4 Å². The van der Waals surface area contributed by atoms with Crippen molar-refractivity contribution in [2.24, 2.45) is 0 Å². The molecule has 3 rings (SSSR count). The van der Waals surface area contributed by atoms with Gasteiger partial charge in [-0.2, -0.15) is 0 Å². The number of carbonyl (C=O) groups is 1. The molecule has 3 aromatic rings. The van der Waals surface area contributed by atoms with E-state index in [1.807, 2.05) is 28.8 Å². The summed E-state index contributed by atoms with van der Waals surface area (Å²) < 4.78 is 1.88. The molecule has 0 spiro atoms. The Morgan fingerprint density at radius 2 is 2.16 bits per heavy atom. The van der Waals surface area contributed by atoms with Crippen molar-refractivity contribution in [1.29, 1.82) is 0 Å². The van der Waals surface area contributed by atoms with Gasteiger partial charge in [0.05, 0.1) is 0 Å². The van der Waals surface area contributed by atoms with Gasteiger partial charge in [0, 0.05) is 18.0 Å². The number of pyridine rings is 2. The van der Waals surface area contributed by atoms with Gasteiger partial charge >= 0.3 is 0 Å². The standard InChI is InChI=1S/C13H10N4OS/c1-9(18)10-5-6-14-12(8-10)19-13-16-15-11-4-2-3-7-17(11)13/h2-8H,1H3. The minimum Gasteiger partial charge on any atom is -0.295 e. The maximum absolute atomic E-state index is 11.3. The Bertz CT molecular complexity index is 753. The lowest BCUT2D eigenvalue weighted by Gasteiger charge is -2.00. The predicted octanol–water partition coefficient (Wildman–Crippen LogP) is 2.48. The molecule has 0 fully saturated rings. The molecule has 0 aliphatic rings. The molecule has 3 heterocycles. The van der Waals surface area contributed by atoms with E-state index >= 15 is 0 Å². The fourth-order valence-electron chi connectivity index (χ4n) is 1.67. The van der Waals surface area contributed by atoms with E-state index in [0.29, 0.717) is 5.56 Å². The average Bonchev–Trinajstić information content (AvgIpc) is 2.83. The molecule has 0 atom stereocenters. The second kappa shape index (κ2) is 4.81. The zero-order valence-corrected chi connectivity index (χ0v) is 11.0. The van der Waals surface area contributed by atoms with Crippen molar-refractivity contribution >= 4 is 23.2 Å². The van der Waals surface area contributed by atoms with Gasteiger partial charge in [-0.3, -0.25) is 9.20 Å². The highest BCUT2D eigenvalue weighted by atomic mass is 32.2. The Kier molecular flexibility index (Phi) is 3.00. The number of fused-ring (bicyclic) bond motifs is 1. The van der Waals surface area contributed by atoms with Gasteiger partial charge in [-0.05, 0) is 43.0 Å². The number of carbonyl (C=O) groups excluding carboxylic acids is 1. The van der Waals surface area contributed by atoms with Crippen LogP contribution in [0.1, 0.15) is 17.3 Å². The molecule has 0 saturated carbocycles. The van der Waals surface area contributed by atoms with Gasteiger partial charge in [-0.1, -0.05) is 6.07 Å². The zero-order chi connectivity index (χ0) is 13.2. The predicted molar refractivity (Wildman–Crippen MR) is 71.4 cm³/mol. The number of hydrogen-bond acceptors (Lipinski definition) is 5. The lowest BCUT2D eigenvalue weighted by molar-refractivity contribution is 0.101. The van der Waals surface area contributed by atoms with Gasteiger partial charge in [0.1, 0.15) is 5.03 Å². The second-order valence-electron chi connectivity index (χ2n) is 3.95. The summed E-state index contributed by atoms with van der Waals surface area (Å²) >= 11 is 1.38. The van der Waals surface area contributed by atoms with Crippen LogP contribution in [0.5, 0.6) is 0 Å². The molecule has 0 radical (unpaired) electrons. The molecule has 0 aromatic carbocycles. The Balaban J connectivity index is 1.97. The van der Waals surface area contributed by atoms with Crippen LogP contribution in [-0.4, -0.2) is 25.4 Å². The summed E-state index contributed by atoms with van der Waals surface area (Å²) in [6, 6.07) is 9.18. The minimum atomic E-state index is 0.0235. The fourth-order valence-corrected chi connectivity index (χ4v) is 2.49. The quantitative estimate of drug-likeness (QED) is 0.684. The molecule has 19 heavy (non-hydrogen) atoms. The summed E-state index contributed by atoms with van der Waals surface area (Å²) in [5.74, 6) is 0.0235. The summed E-state index contributed by atoms with van der Waals surface area (Å²) in [7, 11) is 0. The molecule has 0 amide bonds. The van der Waals surface area contributed by atoms with Crippen molar-refractivity contribution in [2.45, 2.75) is 17.1 Å². The van der Waals surface area contributed by atoms with Crippen LogP contribution in [0.4, 0.5) is 0 Å². The summed E-state index contributed by atoms with van der Waals surface area (Å²) in [5.41, 5.74) is 1.43. The molecule has 0 saturated heterocycles. The molecule has 0 aliphatic carbocycles. The van der Waals surface area contributed by atoms with Crippen molar-refractivity contribution in [3.05, 3.63) is 48.3 Å². The highest BCUT2D eigenvalue weighted by Crippen LogP contribution is 2.25. The normalized spacial score (nSPS) is 10.8. The molecule has 0 aliphatic heterocycles. The lowest BCUT2D eigenvalue weighted by Crippen LogP contribution is -1.94. The summed E-state index contributed by atoms with van der Waals surface area (Å²) in [6.07, 6.45) is 3.52. The van der Waals surface area contributed by atoms with E-state index in [1.165, 1.54) is 18.7 Å². The smallest absolute Gasteiger partial charge is 0.201 e. The van der Waals surface area contributed by atoms with Crippen LogP contribution < -0.4 is 0 Å². The van der Waals surface area contributed by atoms with Crippen molar-refractivity contribution in [3.8, 4) is 0 Å². The molecule has 5 nitrogen and oxygen atoms in total. The second-order valence-corrected chi connectivity index (χ2v) is 4.94. The van der Waals surface area contributed by atoms with E-state index < -0.39 is 0 Å². The lowest BCUT2D eigenvalue weighted by atomic mass is 10.2. The maximum atomic E-state index is 11.3.